The number of amides is 1. The second-order valence-electron chi connectivity index (χ2n) is 4.98. The van der Waals surface area contributed by atoms with E-state index < -0.39 is 6.04 Å². The molecule has 124 valence electrons. The molecule has 0 fully saturated rings. The number of carbonyl (C=O) groups excluding carboxylic acids is 1. The fraction of sp³-hybridized carbons (Fsp3) is 0.375. The number of nitrogens with one attached hydrogen (secondary N) is 2. The maximum atomic E-state index is 12.4. The van der Waals surface area contributed by atoms with E-state index in [1.807, 2.05) is 13.0 Å². The lowest BCUT2D eigenvalue weighted by Gasteiger charge is -2.19. The summed E-state index contributed by atoms with van der Waals surface area (Å²) < 4.78 is 15.4. The summed E-state index contributed by atoms with van der Waals surface area (Å²) in [7, 11) is 3.16. The number of carbonyl (C=O) groups is 1. The van der Waals surface area contributed by atoms with E-state index in [-0.39, 0.29) is 5.91 Å². The molecular formula is C16H21N3O4. The van der Waals surface area contributed by atoms with Gasteiger partial charge in [-0.25, -0.2) is 0 Å². The molecule has 2 N–H and O–H groups in total. The van der Waals surface area contributed by atoms with Gasteiger partial charge in [-0.2, -0.15) is 0 Å². The van der Waals surface area contributed by atoms with Gasteiger partial charge in [-0.3, -0.25) is 4.79 Å². The Hall–Kier alpha value is -2.70. The second kappa shape index (κ2) is 7.53. The Labute approximate surface area is 134 Å². The lowest BCUT2D eigenvalue weighted by molar-refractivity contribution is -0.117. The molecule has 0 saturated heterocycles. The molecule has 0 aliphatic carbocycles. The maximum Gasteiger partial charge on any atom is 0.248 e. The molecule has 0 unspecified atom stereocenters. The molecule has 0 bridgehead atoms. The van der Waals surface area contributed by atoms with Gasteiger partial charge in [0.2, 0.25) is 5.91 Å². The van der Waals surface area contributed by atoms with Gasteiger partial charge in [0, 0.05) is 12.1 Å². The van der Waals surface area contributed by atoms with Crippen LogP contribution in [0.2, 0.25) is 0 Å². The Morgan fingerprint density at radius 2 is 2.09 bits per heavy atom. The largest absolute Gasteiger partial charge is 0.497 e. The topological polar surface area (TPSA) is 85.6 Å². The van der Waals surface area contributed by atoms with Crippen molar-refractivity contribution in [2.24, 2.45) is 0 Å². The monoisotopic (exact) mass is 319 g/mol. The molecule has 1 amide bonds. The lowest BCUT2D eigenvalue weighted by Crippen LogP contribution is -2.34. The van der Waals surface area contributed by atoms with Crippen LogP contribution in [-0.2, 0) is 4.79 Å². The number of ether oxygens (including phenoxy) is 2. The van der Waals surface area contributed by atoms with Gasteiger partial charge >= 0.3 is 0 Å². The summed E-state index contributed by atoms with van der Waals surface area (Å²) in [6.45, 7) is 3.68. The number of aromatic nitrogens is 1. The Kier molecular flexibility index (Phi) is 5.46. The fourth-order valence-electron chi connectivity index (χ4n) is 2.10. The molecule has 23 heavy (non-hydrogen) atoms. The Morgan fingerprint density at radius 1 is 1.30 bits per heavy atom. The SMILES string of the molecule is CC[C@@H](Nc1ccc(OC)cc1OC)C(=O)Nc1cc(C)on1. The smallest absolute Gasteiger partial charge is 0.248 e. The summed E-state index contributed by atoms with van der Waals surface area (Å²) in [5.41, 5.74) is 0.714. The number of rotatable bonds is 7. The minimum Gasteiger partial charge on any atom is -0.497 e. The Morgan fingerprint density at radius 3 is 2.65 bits per heavy atom. The zero-order valence-corrected chi connectivity index (χ0v) is 13.7. The van der Waals surface area contributed by atoms with Crippen molar-refractivity contribution in [2.45, 2.75) is 26.3 Å². The molecule has 1 heterocycles. The van der Waals surface area contributed by atoms with Crippen LogP contribution in [-0.4, -0.2) is 31.3 Å². The molecule has 7 nitrogen and oxygen atoms in total. The van der Waals surface area contributed by atoms with E-state index in [4.69, 9.17) is 14.0 Å². The first-order valence-electron chi connectivity index (χ1n) is 7.30. The molecule has 0 radical (unpaired) electrons. The molecule has 0 aliphatic rings. The summed E-state index contributed by atoms with van der Waals surface area (Å²) in [5, 5.41) is 9.66. The van der Waals surface area contributed by atoms with Crippen LogP contribution in [0.5, 0.6) is 11.5 Å². The number of hydrogen-bond acceptors (Lipinski definition) is 6. The first kappa shape index (κ1) is 16.7. The standard InChI is InChI=1S/C16H21N3O4/c1-5-12(16(20)18-15-8-10(2)23-19-15)17-13-7-6-11(21-3)9-14(13)22-4/h6-9,12,17H,5H2,1-4H3,(H,18,19,20)/t12-/m1/s1. The van der Waals surface area contributed by atoms with Crippen LogP contribution < -0.4 is 20.1 Å². The minimum absolute atomic E-state index is 0.196. The fourth-order valence-corrected chi connectivity index (χ4v) is 2.10. The average Bonchev–Trinajstić information content (AvgIpc) is 2.97. The molecule has 1 atom stereocenters. The first-order valence-corrected chi connectivity index (χ1v) is 7.30. The average molecular weight is 319 g/mol. The third-order valence-corrected chi connectivity index (χ3v) is 3.34. The third kappa shape index (κ3) is 4.15. The molecule has 0 saturated carbocycles. The van der Waals surface area contributed by atoms with Crippen molar-refractivity contribution in [3.8, 4) is 11.5 Å². The van der Waals surface area contributed by atoms with E-state index in [0.29, 0.717) is 35.2 Å². The number of anilines is 2. The van der Waals surface area contributed by atoms with Gasteiger partial charge in [0.05, 0.1) is 19.9 Å². The van der Waals surface area contributed by atoms with Crippen LogP contribution in [0.15, 0.2) is 28.8 Å². The lowest BCUT2D eigenvalue weighted by atomic mass is 10.2. The van der Waals surface area contributed by atoms with Crippen molar-refractivity contribution in [3.05, 3.63) is 30.0 Å². The molecule has 2 rings (SSSR count). The molecule has 1 aromatic heterocycles. The van der Waals surface area contributed by atoms with Gasteiger partial charge in [-0.1, -0.05) is 12.1 Å². The van der Waals surface area contributed by atoms with Gasteiger partial charge in [0.15, 0.2) is 5.82 Å². The zero-order chi connectivity index (χ0) is 16.8. The Balaban J connectivity index is 2.10. The maximum absolute atomic E-state index is 12.4. The van der Waals surface area contributed by atoms with Crippen molar-refractivity contribution in [1.29, 1.82) is 0 Å². The first-order chi connectivity index (χ1) is 11.1. The van der Waals surface area contributed by atoms with E-state index >= 15 is 0 Å². The quantitative estimate of drug-likeness (QED) is 0.816. The van der Waals surface area contributed by atoms with E-state index in [1.54, 1.807) is 39.3 Å². The van der Waals surface area contributed by atoms with Crippen LogP contribution in [0.3, 0.4) is 0 Å². The van der Waals surface area contributed by atoms with Crippen LogP contribution in [0.25, 0.3) is 0 Å². The van der Waals surface area contributed by atoms with Crippen LogP contribution in [0.1, 0.15) is 19.1 Å². The van der Waals surface area contributed by atoms with E-state index in [2.05, 4.69) is 15.8 Å². The Bertz CT molecular complexity index is 669. The second-order valence-corrected chi connectivity index (χ2v) is 4.98. The highest BCUT2D eigenvalue weighted by Crippen LogP contribution is 2.29. The summed E-state index contributed by atoms with van der Waals surface area (Å²) in [6.07, 6.45) is 0.595. The van der Waals surface area contributed by atoms with Crippen LogP contribution >= 0.6 is 0 Å². The van der Waals surface area contributed by atoms with E-state index in [1.165, 1.54) is 0 Å². The number of methoxy groups -OCH3 is 2. The van der Waals surface area contributed by atoms with E-state index in [9.17, 15) is 4.79 Å². The summed E-state index contributed by atoms with van der Waals surface area (Å²) in [6, 6.07) is 6.60. The van der Waals surface area contributed by atoms with Crippen LogP contribution in [0, 0.1) is 6.92 Å². The predicted molar refractivity (Wildman–Crippen MR) is 87.1 cm³/mol. The third-order valence-electron chi connectivity index (χ3n) is 3.34. The van der Waals surface area contributed by atoms with Gasteiger partial charge in [0.1, 0.15) is 23.3 Å². The van der Waals surface area contributed by atoms with Crippen molar-refractivity contribution in [2.75, 3.05) is 24.9 Å². The highest BCUT2D eigenvalue weighted by molar-refractivity contribution is 5.96. The zero-order valence-electron chi connectivity index (χ0n) is 13.7. The van der Waals surface area contributed by atoms with E-state index in [0.717, 1.165) is 0 Å². The summed E-state index contributed by atoms with van der Waals surface area (Å²) in [4.78, 5) is 12.4. The molecule has 0 aliphatic heterocycles. The van der Waals surface area contributed by atoms with Gasteiger partial charge in [0.25, 0.3) is 0 Å². The number of nitrogens with zero attached hydrogens (tertiary/aromatic N) is 1. The predicted octanol–water partition coefficient (Wildman–Crippen LogP) is 2.83. The van der Waals surface area contributed by atoms with Crippen molar-refractivity contribution in [1.82, 2.24) is 5.16 Å². The molecule has 7 heteroatoms. The van der Waals surface area contributed by atoms with Crippen LogP contribution in [0.4, 0.5) is 11.5 Å². The molecule has 0 spiro atoms. The van der Waals surface area contributed by atoms with Crippen molar-refractivity contribution < 1.29 is 18.8 Å². The molecular weight excluding hydrogens is 298 g/mol. The highest BCUT2D eigenvalue weighted by atomic mass is 16.5. The minimum atomic E-state index is -0.436. The number of benzene rings is 1. The summed E-state index contributed by atoms with van der Waals surface area (Å²) >= 11 is 0. The normalized spacial score (nSPS) is 11.7. The number of hydrogen-bond donors (Lipinski definition) is 2. The van der Waals surface area contributed by atoms with Gasteiger partial charge in [-0.05, 0) is 25.5 Å². The molecule has 2 aromatic rings. The molecule has 1 aromatic carbocycles. The van der Waals surface area contributed by atoms with Crippen molar-refractivity contribution >= 4 is 17.4 Å². The van der Waals surface area contributed by atoms with Crippen molar-refractivity contribution in [3.63, 3.8) is 0 Å². The number of aryl methyl sites for hydroxylation is 1. The van der Waals surface area contributed by atoms with Gasteiger partial charge in [-0.15, -0.1) is 0 Å². The van der Waals surface area contributed by atoms with Gasteiger partial charge < -0.3 is 24.6 Å². The summed E-state index contributed by atoms with van der Waals surface area (Å²) in [5.74, 6) is 2.13. The highest BCUT2D eigenvalue weighted by Gasteiger charge is 2.19.